The third kappa shape index (κ3) is 3.22. The zero-order chi connectivity index (χ0) is 14.0. The number of thiophene rings is 1. The van der Waals surface area contributed by atoms with Crippen molar-refractivity contribution in [2.75, 3.05) is 7.05 Å². The topological polar surface area (TPSA) is 50.5 Å². The van der Waals surface area contributed by atoms with Gasteiger partial charge in [0.15, 0.2) is 4.67 Å². The highest BCUT2D eigenvalue weighted by Crippen LogP contribution is 2.29. The van der Waals surface area contributed by atoms with Crippen LogP contribution < -0.4 is 0 Å². The van der Waals surface area contributed by atoms with E-state index in [-0.39, 0.29) is 15.4 Å². The summed E-state index contributed by atoms with van der Waals surface area (Å²) in [6.07, 6.45) is 0. The summed E-state index contributed by atoms with van der Waals surface area (Å²) >= 11 is 10.3. The van der Waals surface area contributed by atoms with Gasteiger partial charge in [0.1, 0.15) is 10.7 Å². The molecule has 0 radical (unpaired) electrons. The second-order valence-electron chi connectivity index (χ2n) is 3.82. The van der Waals surface area contributed by atoms with Gasteiger partial charge in [0.05, 0.1) is 5.88 Å². The van der Waals surface area contributed by atoms with Gasteiger partial charge in [0.2, 0.25) is 10.0 Å². The molecule has 0 amide bonds. The largest absolute Gasteiger partial charge is 0.452 e. The Bertz CT molecular complexity index is 652. The maximum Gasteiger partial charge on any atom is 0.247 e. The molecule has 2 heterocycles. The molecule has 0 aliphatic carbocycles. The van der Waals surface area contributed by atoms with Crippen molar-refractivity contribution < 1.29 is 12.8 Å². The van der Waals surface area contributed by atoms with E-state index in [0.29, 0.717) is 12.3 Å². The molecule has 0 fully saturated rings. The zero-order valence-corrected chi connectivity index (χ0v) is 13.9. The van der Waals surface area contributed by atoms with Gasteiger partial charge in [0, 0.05) is 24.5 Å². The molecule has 0 N–H and O–H groups in total. The second kappa shape index (κ2) is 5.97. The van der Waals surface area contributed by atoms with Crippen molar-refractivity contribution in [1.29, 1.82) is 0 Å². The lowest BCUT2D eigenvalue weighted by Crippen LogP contribution is -2.26. The first-order chi connectivity index (χ1) is 8.95. The smallest absolute Gasteiger partial charge is 0.247 e. The van der Waals surface area contributed by atoms with E-state index >= 15 is 0 Å². The Balaban J connectivity index is 2.28. The fraction of sp³-hybridized carbons (Fsp3) is 0.273. The Morgan fingerprint density at radius 1 is 1.53 bits per heavy atom. The SMILES string of the molecule is CN(Cc1cccs1)S(=O)(=O)c1cc(CCl)oc1Br. The maximum absolute atomic E-state index is 12.4. The van der Waals surface area contributed by atoms with Crippen molar-refractivity contribution in [2.24, 2.45) is 0 Å². The average molecular weight is 385 g/mol. The van der Waals surface area contributed by atoms with Gasteiger partial charge in [-0.15, -0.1) is 22.9 Å². The molecule has 2 rings (SSSR count). The number of halogens is 2. The molecule has 0 aromatic carbocycles. The van der Waals surface area contributed by atoms with Gasteiger partial charge < -0.3 is 4.42 Å². The molecule has 19 heavy (non-hydrogen) atoms. The molecule has 0 atom stereocenters. The molecule has 4 nitrogen and oxygen atoms in total. The van der Waals surface area contributed by atoms with Crippen molar-refractivity contribution in [3.8, 4) is 0 Å². The van der Waals surface area contributed by atoms with Crippen LogP contribution >= 0.6 is 38.9 Å². The third-order valence-corrected chi connectivity index (χ3v) is 6.27. The second-order valence-corrected chi connectivity index (χ2v) is 7.86. The quantitative estimate of drug-likeness (QED) is 0.739. The number of hydrogen-bond acceptors (Lipinski definition) is 4. The highest BCUT2D eigenvalue weighted by atomic mass is 79.9. The number of nitrogens with zero attached hydrogens (tertiary/aromatic N) is 1. The Kier molecular flexibility index (Phi) is 4.73. The van der Waals surface area contributed by atoms with Gasteiger partial charge in [-0.3, -0.25) is 0 Å². The van der Waals surface area contributed by atoms with Gasteiger partial charge in [0.25, 0.3) is 0 Å². The summed E-state index contributed by atoms with van der Waals surface area (Å²) in [5.41, 5.74) is 0. The first kappa shape index (κ1) is 15.1. The monoisotopic (exact) mass is 383 g/mol. The van der Waals surface area contributed by atoms with Crippen LogP contribution in [0.5, 0.6) is 0 Å². The molecule has 8 heteroatoms. The number of sulfonamides is 1. The standard InChI is InChI=1S/C11H11BrClNO3S2/c1-14(7-9-3-2-4-18-9)19(15,16)10-5-8(6-13)17-11(10)12/h2-5H,6-7H2,1H3. The number of hydrogen-bond donors (Lipinski definition) is 0. The molecule has 0 aliphatic heterocycles. The van der Waals surface area contributed by atoms with Crippen molar-refractivity contribution in [1.82, 2.24) is 4.31 Å². The van der Waals surface area contributed by atoms with Crippen LogP contribution in [0.3, 0.4) is 0 Å². The Morgan fingerprint density at radius 3 is 2.79 bits per heavy atom. The number of rotatable bonds is 5. The molecule has 104 valence electrons. The Morgan fingerprint density at radius 2 is 2.26 bits per heavy atom. The van der Waals surface area contributed by atoms with E-state index in [0.717, 1.165) is 4.88 Å². The third-order valence-electron chi connectivity index (χ3n) is 2.49. The Labute approximate surface area is 129 Å². The average Bonchev–Trinajstić information content (AvgIpc) is 2.98. The summed E-state index contributed by atoms with van der Waals surface area (Å²) in [5, 5.41) is 1.91. The van der Waals surface area contributed by atoms with Gasteiger partial charge in [-0.25, -0.2) is 8.42 Å². The lowest BCUT2D eigenvalue weighted by atomic mass is 10.5. The van der Waals surface area contributed by atoms with Crippen LogP contribution in [-0.2, 0) is 22.4 Å². The van der Waals surface area contributed by atoms with Crippen LogP contribution in [0.25, 0.3) is 0 Å². The first-order valence-corrected chi connectivity index (χ1v) is 8.92. The summed E-state index contributed by atoms with van der Waals surface area (Å²) in [4.78, 5) is 1.07. The maximum atomic E-state index is 12.4. The summed E-state index contributed by atoms with van der Waals surface area (Å²) in [5.74, 6) is 0.541. The molecule has 2 aromatic rings. The van der Waals surface area contributed by atoms with E-state index in [4.69, 9.17) is 16.0 Å². The fourth-order valence-corrected chi connectivity index (χ4v) is 4.59. The van der Waals surface area contributed by atoms with E-state index in [9.17, 15) is 8.42 Å². The van der Waals surface area contributed by atoms with E-state index < -0.39 is 10.0 Å². The van der Waals surface area contributed by atoms with Crippen LogP contribution in [0.4, 0.5) is 0 Å². The summed E-state index contributed by atoms with van der Waals surface area (Å²) < 4.78 is 31.5. The molecular weight excluding hydrogens is 374 g/mol. The fourth-order valence-electron chi connectivity index (χ4n) is 1.51. The predicted octanol–water partition coefficient (Wildman–Crippen LogP) is 3.66. The van der Waals surface area contributed by atoms with Crippen molar-refractivity contribution >= 4 is 48.9 Å². The van der Waals surface area contributed by atoms with Crippen molar-refractivity contribution in [3.05, 3.63) is 38.9 Å². The minimum atomic E-state index is -3.59. The van der Waals surface area contributed by atoms with E-state index in [1.807, 2.05) is 17.5 Å². The normalized spacial score (nSPS) is 12.2. The minimum Gasteiger partial charge on any atom is -0.452 e. The lowest BCUT2D eigenvalue weighted by Gasteiger charge is -2.15. The molecule has 2 aromatic heterocycles. The highest BCUT2D eigenvalue weighted by Gasteiger charge is 2.27. The summed E-state index contributed by atoms with van der Waals surface area (Å²) in [6.45, 7) is 0.327. The van der Waals surface area contributed by atoms with Gasteiger partial charge in [-0.05, 0) is 27.4 Å². The van der Waals surface area contributed by atoms with Crippen LogP contribution in [0.15, 0.2) is 37.6 Å². The van der Waals surface area contributed by atoms with E-state index in [2.05, 4.69) is 15.9 Å². The van der Waals surface area contributed by atoms with Gasteiger partial charge >= 0.3 is 0 Å². The van der Waals surface area contributed by atoms with Crippen molar-refractivity contribution in [2.45, 2.75) is 17.3 Å². The first-order valence-electron chi connectivity index (χ1n) is 5.28. The molecule has 0 saturated carbocycles. The Hall–Kier alpha value is -0.340. The lowest BCUT2D eigenvalue weighted by molar-refractivity contribution is 0.462. The number of alkyl halides is 1. The van der Waals surface area contributed by atoms with Crippen LogP contribution in [0, 0.1) is 0 Å². The van der Waals surface area contributed by atoms with E-state index in [1.165, 1.54) is 28.8 Å². The molecular formula is C11H11BrClNO3S2. The van der Waals surface area contributed by atoms with Gasteiger partial charge in [-0.1, -0.05) is 6.07 Å². The number of furan rings is 1. The van der Waals surface area contributed by atoms with Gasteiger partial charge in [-0.2, -0.15) is 4.31 Å². The summed E-state index contributed by atoms with van der Waals surface area (Å²) in [7, 11) is -2.06. The highest BCUT2D eigenvalue weighted by molar-refractivity contribution is 9.10. The molecule has 0 bridgehead atoms. The summed E-state index contributed by atoms with van der Waals surface area (Å²) in [6, 6.07) is 5.22. The van der Waals surface area contributed by atoms with Crippen molar-refractivity contribution in [3.63, 3.8) is 0 Å². The molecule has 0 spiro atoms. The zero-order valence-electron chi connectivity index (χ0n) is 9.97. The molecule has 0 saturated heterocycles. The minimum absolute atomic E-state index is 0.0993. The van der Waals surface area contributed by atoms with Crippen LogP contribution in [-0.4, -0.2) is 19.8 Å². The predicted molar refractivity (Wildman–Crippen MR) is 78.9 cm³/mol. The van der Waals surface area contributed by atoms with Crippen LogP contribution in [0.2, 0.25) is 0 Å². The van der Waals surface area contributed by atoms with E-state index in [1.54, 1.807) is 0 Å². The van der Waals surface area contributed by atoms with Crippen LogP contribution in [0.1, 0.15) is 10.6 Å². The molecule has 0 aliphatic rings. The molecule has 0 unspecified atom stereocenters.